The maximum atomic E-state index is 13.4. The summed E-state index contributed by atoms with van der Waals surface area (Å²) >= 11 is 0. The van der Waals surface area contributed by atoms with Gasteiger partial charge in [0.2, 0.25) is 5.91 Å². The Labute approximate surface area is 309 Å². The summed E-state index contributed by atoms with van der Waals surface area (Å²) in [6.07, 6.45) is 0.266. The lowest BCUT2D eigenvalue weighted by molar-refractivity contribution is -0.371. The van der Waals surface area contributed by atoms with E-state index in [0.29, 0.717) is 65.1 Å². The lowest BCUT2D eigenvalue weighted by atomic mass is 9.83. The molecular weight excluding hydrogens is 702 g/mol. The van der Waals surface area contributed by atoms with Crippen molar-refractivity contribution < 1.29 is 54.4 Å². The molecular formula is C39H45N3O12. The van der Waals surface area contributed by atoms with Gasteiger partial charge in [0.15, 0.2) is 16.8 Å². The number of nitrogens with one attached hydrogen (secondary N) is 2. The van der Waals surface area contributed by atoms with Crippen LogP contribution in [0, 0.1) is 12.8 Å². The van der Waals surface area contributed by atoms with E-state index in [9.17, 15) is 40.2 Å². The second-order valence-electron chi connectivity index (χ2n) is 14.8. The van der Waals surface area contributed by atoms with Gasteiger partial charge in [0.25, 0.3) is 0 Å². The molecule has 3 aromatic heterocycles. The predicted molar refractivity (Wildman–Crippen MR) is 194 cm³/mol. The fourth-order valence-electron chi connectivity index (χ4n) is 7.49. The zero-order chi connectivity index (χ0) is 38.4. The molecule has 0 saturated carbocycles. The van der Waals surface area contributed by atoms with Crippen LogP contribution in [-0.4, -0.2) is 101 Å². The first kappa shape index (κ1) is 37.6. The third kappa shape index (κ3) is 7.36. The summed E-state index contributed by atoms with van der Waals surface area (Å²) in [6.45, 7) is 2.50. The van der Waals surface area contributed by atoms with E-state index in [1.54, 1.807) is 13.0 Å². The standard InChI is InChI=1S/C39H45N3O12/c1-21-11-29(45)27-13-25-14-31(54-51-20-39(50,37(49)34(48)30(46)19-43)15-22-3-5-26(44)6-4-22)38(2,9-7-23-12-32(47)41-16-23)53-35(25)33(36(27)52-21)42-17-24-8-10-40-28(24)18-42/h3-6,8,10-11,13,17-18,23,30-31,34,37,40,43-44,46,48-50H,7,9,12,14-16,19-20H2,1-2H3,(H,41,47)/t23-,30+,31+,34+,37-,38+,39-/m0/s1. The van der Waals surface area contributed by atoms with E-state index < -0.39 is 48.8 Å². The van der Waals surface area contributed by atoms with Gasteiger partial charge in [-0.15, -0.1) is 0 Å². The molecule has 1 amide bonds. The lowest BCUT2D eigenvalue weighted by Crippen LogP contribution is -2.58. The number of nitrogens with zero attached hydrogens (tertiary/aromatic N) is 1. The predicted octanol–water partition coefficient (Wildman–Crippen LogP) is 2.05. The Kier molecular flexibility index (Phi) is 10.3. The van der Waals surface area contributed by atoms with E-state index in [2.05, 4.69) is 10.3 Å². The molecule has 1 fully saturated rings. The number of phenols is 1. The number of hydrogen-bond acceptors (Lipinski definition) is 12. The number of hydrogen-bond donors (Lipinski definition) is 8. The highest BCUT2D eigenvalue weighted by molar-refractivity contribution is 5.91. The highest BCUT2D eigenvalue weighted by Crippen LogP contribution is 2.45. The summed E-state index contributed by atoms with van der Waals surface area (Å²) in [6, 6.07) is 10.9. The highest BCUT2D eigenvalue weighted by atomic mass is 17.2. The maximum Gasteiger partial charge on any atom is 0.220 e. The van der Waals surface area contributed by atoms with Crippen molar-refractivity contribution in [1.29, 1.82) is 0 Å². The van der Waals surface area contributed by atoms with Gasteiger partial charge in [-0.25, -0.2) is 9.78 Å². The van der Waals surface area contributed by atoms with E-state index in [-0.39, 0.29) is 35.8 Å². The van der Waals surface area contributed by atoms with Gasteiger partial charge in [-0.3, -0.25) is 9.59 Å². The van der Waals surface area contributed by atoms with Crippen LogP contribution in [0.15, 0.2) is 70.3 Å². The van der Waals surface area contributed by atoms with E-state index in [1.165, 1.54) is 30.3 Å². The number of amides is 1. The average molecular weight is 748 g/mol. The highest BCUT2D eigenvalue weighted by Gasteiger charge is 2.47. The molecule has 15 nitrogen and oxygen atoms in total. The van der Waals surface area contributed by atoms with Gasteiger partial charge in [0.05, 0.1) is 17.5 Å². The van der Waals surface area contributed by atoms with Crippen LogP contribution in [0.25, 0.3) is 27.6 Å². The van der Waals surface area contributed by atoms with Crippen LogP contribution in [0.5, 0.6) is 11.5 Å². The Morgan fingerprint density at radius 2 is 1.87 bits per heavy atom. The number of aliphatic hydroxyl groups excluding tert-OH is 4. The number of carbonyl (C=O) groups excluding carboxylic acids is 1. The summed E-state index contributed by atoms with van der Waals surface area (Å²) in [5, 5.41) is 67.0. The molecule has 0 unspecified atom stereocenters. The fraction of sp³-hybridized carbons (Fsp3) is 0.436. The second-order valence-corrected chi connectivity index (χ2v) is 14.8. The van der Waals surface area contributed by atoms with Crippen molar-refractivity contribution in [2.75, 3.05) is 19.8 Å². The van der Waals surface area contributed by atoms with Crippen molar-refractivity contribution in [3.05, 3.63) is 88.2 Å². The van der Waals surface area contributed by atoms with Gasteiger partial charge in [0, 0.05) is 61.4 Å². The fourth-order valence-corrected chi connectivity index (χ4v) is 7.49. The van der Waals surface area contributed by atoms with Crippen LogP contribution in [0.2, 0.25) is 0 Å². The monoisotopic (exact) mass is 747 g/mol. The van der Waals surface area contributed by atoms with Crippen molar-refractivity contribution >= 4 is 27.8 Å². The topological polar surface area (TPSA) is 229 Å². The average Bonchev–Trinajstić information content (AvgIpc) is 3.87. The van der Waals surface area contributed by atoms with Crippen LogP contribution < -0.4 is 15.5 Å². The van der Waals surface area contributed by atoms with Crippen molar-refractivity contribution in [2.24, 2.45) is 5.92 Å². The maximum absolute atomic E-state index is 13.4. The molecule has 2 aliphatic heterocycles. The van der Waals surface area contributed by atoms with Gasteiger partial charge < -0.3 is 54.7 Å². The number of aromatic hydroxyl groups is 1. The second kappa shape index (κ2) is 14.8. The molecule has 7 atom stereocenters. The number of rotatable bonds is 14. The normalized spacial score (nSPS) is 22.8. The molecule has 0 radical (unpaired) electrons. The number of fused-ring (bicyclic) bond motifs is 3. The minimum Gasteiger partial charge on any atom is -0.508 e. The molecule has 15 heteroatoms. The first-order valence-electron chi connectivity index (χ1n) is 17.9. The van der Waals surface area contributed by atoms with Crippen molar-refractivity contribution in [2.45, 2.75) is 81.6 Å². The van der Waals surface area contributed by atoms with Gasteiger partial charge in [-0.1, -0.05) is 12.1 Å². The van der Waals surface area contributed by atoms with E-state index in [4.69, 9.17) is 18.9 Å². The zero-order valence-electron chi connectivity index (χ0n) is 29.9. The molecule has 2 aliphatic rings. The largest absolute Gasteiger partial charge is 0.508 e. The Morgan fingerprint density at radius 1 is 1.09 bits per heavy atom. The smallest absolute Gasteiger partial charge is 0.220 e. The first-order valence-corrected chi connectivity index (χ1v) is 17.9. The van der Waals surface area contributed by atoms with Gasteiger partial charge in [-0.2, -0.15) is 0 Å². The number of aliphatic hydroxyl groups is 5. The summed E-state index contributed by atoms with van der Waals surface area (Å²) in [7, 11) is 0. The molecule has 8 N–H and O–H groups in total. The Bertz CT molecular complexity index is 2170. The van der Waals surface area contributed by atoms with Gasteiger partial charge in [-0.05, 0) is 62.4 Å². The molecule has 2 aromatic carbocycles. The molecule has 0 bridgehead atoms. The summed E-state index contributed by atoms with van der Waals surface area (Å²) in [5.74, 6) is 0.895. The first-order chi connectivity index (χ1) is 25.8. The molecule has 54 heavy (non-hydrogen) atoms. The molecule has 5 heterocycles. The minimum absolute atomic E-state index is 0.0222. The Morgan fingerprint density at radius 3 is 2.57 bits per heavy atom. The SMILES string of the molecule is Cc1cc(=O)c2cc3c(c(-n4cc5cc[nH]c5c4)c2o1)O[C@](C)(CC[C@@H]1CNC(=O)C1)[C@H](OOC[C@@](O)(Cc1ccc(O)cc1)[C@@H](O)[C@H](O)[C@H](O)CO)C3. The molecule has 0 aliphatic carbocycles. The lowest BCUT2D eigenvalue weighted by Gasteiger charge is -2.43. The third-order valence-electron chi connectivity index (χ3n) is 10.7. The number of H-pyrrole nitrogens is 1. The Hall–Kier alpha value is -4.74. The third-order valence-corrected chi connectivity index (χ3v) is 10.7. The molecule has 7 rings (SSSR count). The van der Waals surface area contributed by atoms with Crippen LogP contribution in [0.1, 0.15) is 43.1 Å². The molecule has 0 spiro atoms. The van der Waals surface area contributed by atoms with Crippen molar-refractivity contribution in [3.63, 3.8) is 0 Å². The number of ether oxygens (including phenoxy) is 1. The minimum atomic E-state index is -2.26. The summed E-state index contributed by atoms with van der Waals surface area (Å²) in [5.41, 5.74) is -0.804. The van der Waals surface area contributed by atoms with E-state index in [0.717, 1.165) is 10.9 Å². The number of aromatic nitrogens is 2. The van der Waals surface area contributed by atoms with E-state index in [1.807, 2.05) is 36.1 Å². The van der Waals surface area contributed by atoms with Gasteiger partial charge in [0.1, 0.15) is 59.4 Å². The molecule has 288 valence electrons. The van der Waals surface area contributed by atoms with Gasteiger partial charge >= 0.3 is 0 Å². The van der Waals surface area contributed by atoms with Crippen LogP contribution in [-0.2, 0) is 27.4 Å². The zero-order valence-corrected chi connectivity index (χ0v) is 29.9. The quantitative estimate of drug-likeness (QED) is 0.0603. The van der Waals surface area contributed by atoms with Crippen LogP contribution >= 0.6 is 0 Å². The van der Waals surface area contributed by atoms with Crippen LogP contribution in [0.3, 0.4) is 0 Å². The Balaban J connectivity index is 1.24. The van der Waals surface area contributed by atoms with Crippen molar-refractivity contribution in [3.8, 4) is 17.2 Å². The number of benzene rings is 2. The number of phenolic OH excluding ortho intramolecular Hbond substituents is 1. The molecule has 1 saturated heterocycles. The molecule has 5 aromatic rings. The van der Waals surface area contributed by atoms with Crippen molar-refractivity contribution in [1.82, 2.24) is 14.9 Å². The summed E-state index contributed by atoms with van der Waals surface area (Å²) < 4.78 is 15.0. The summed E-state index contributed by atoms with van der Waals surface area (Å²) in [4.78, 5) is 40.5. The number of aromatic amines is 1. The number of aryl methyl sites for hydroxylation is 1. The van der Waals surface area contributed by atoms with E-state index >= 15 is 0 Å². The van der Waals surface area contributed by atoms with Crippen LogP contribution in [0.4, 0.5) is 0 Å². The number of carbonyl (C=O) groups is 1.